The highest BCUT2D eigenvalue weighted by Crippen LogP contribution is 2.26. The van der Waals surface area contributed by atoms with Gasteiger partial charge >= 0.3 is 0 Å². The maximum Gasteiger partial charge on any atom is 0.0423 e. The summed E-state index contributed by atoms with van der Waals surface area (Å²) in [5.74, 6) is 0. The van der Waals surface area contributed by atoms with Crippen LogP contribution in [0.25, 0.3) is 22.8 Å². The summed E-state index contributed by atoms with van der Waals surface area (Å²) in [6, 6.07) is 13.1. The first-order valence-electron chi connectivity index (χ1n) is 7.57. The molecule has 0 saturated heterocycles. The maximum atomic E-state index is 3.65. The van der Waals surface area contributed by atoms with Crippen LogP contribution in [0.2, 0.25) is 0 Å². The van der Waals surface area contributed by atoms with Gasteiger partial charge in [-0.15, -0.1) is 0 Å². The topological polar surface area (TPSA) is 12.0 Å². The lowest BCUT2D eigenvalue weighted by Crippen LogP contribution is -2.35. The van der Waals surface area contributed by atoms with E-state index in [2.05, 4.69) is 82.4 Å². The third-order valence-corrected chi connectivity index (χ3v) is 3.81. The summed E-state index contributed by atoms with van der Waals surface area (Å²) >= 11 is 0. The lowest BCUT2D eigenvalue weighted by molar-refractivity contribution is 0.633. The van der Waals surface area contributed by atoms with Crippen molar-refractivity contribution in [2.75, 3.05) is 5.32 Å². The Morgan fingerprint density at radius 3 is 2.29 bits per heavy atom. The Kier molecular flexibility index (Phi) is 3.16. The molecule has 1 N–H and O–H groups in total. The zero-order valence-corrected chi connectivity index (χ0v) is 13.5. The van der Waals surface area contributed by atoms with Gasteiger partial charge in [0, 0.05) is 16.4 Å². The Labute approximate surface area is 127 Å². The van der Waals surface area contributed by atoms with Gasteiger partial charge in [0.2, 0.25) is 0 Å². The second-order valence-electron chi connectivity index (χ2n) is 7.06. The molecule has 0 amide bonds. The number of anilines is 1. The summed E-state index contributed by atoms with van der Waals surface area (Å²) in [7, 11) is 0. The molecule has 1 aliphatic carbocycles. The molecule has 108 valence electrons. The van der Waals surface area contributed by atoms with Crippen LogP contribution in [0.1, 0.15) is 40.2 Å². The van der Waals surface area contributed by atoms with Gasteiger partial charge in [0.05, 0.1) is 0 Å². The molecule has 0 aliphatic heterocycles. The molecule has 0 bridgehead atoms. The monoisotopic (exact) mass is 277 g/mol. The Bertz CT molecular complexity index is 816. The predicted octanol–water partition coefficient (Wildman–Crippen LogP) is 3.90. The highest BCUT2D eigenvalue weighted by atomic mass is 14.9. The van der Waals surface area contributed by atoms with E-state index in [1.807, 2.05) is 0 Å². The van der Waals surface area contributed by atoms with Crippen molar-refractivity contribution < 1.29 is 0 Å². The molecule has 0 heterocycles. The van der Waals surface area contributed by atoms with Gasteiger partial charge in [-0.2, -0.15) is 0 Å². The molecule has 0 aromatic heterocycles. The Balaban J connectivity index is 2.32. The van der Waals surface area contributed by atoms with E-state index in [4.69, 9.17) is 0 Å². The van der Waals surface area contributed by atoms with Crippen LogP contribution in [0.3, 0.4) is 0 Å². The minimum atomic E-state index is 0.0594. The molecule has 1 nitrogen and oxygen atoms in total. The summed E-state index contributed by atoms with van der Waals surface area (Å²) in [6.45, 7) is 11.0. The summed E-state index contributed by atoms with van der Waals surface area (Å²) in [4.78, 5) is 0. The van der Waals surface area contributed by atoms with Crippen LogP contribution in [-0.2, 0) is 0 Å². The van der Waals surface area contributed by atoms with Crippen LogP contribution in [-0.4, -0.2) is 5.54 Å². The molecule has 0 unspecified atom stereocenters. The molecule has 1 heteroatoms. The summed E-state index contributed by atoms with van der Waals surface area (Å²) in [5, 5.41) is 6.34. The van der Waals surface area contributed by atoms with Crippen LogP contribution < -0.4 is 15.8 Å². The average Bonchev–Trinajstić information content (AvgIpc) is 2.74. The van der Waals surface area contributed by atoms with Crippen LogP contribution in [0.15, 0.2) is 36.4 Å². The Hall–Kier alpha value is -2.02. The minimum absolute atomic E-state index is 0.0594. The second kappa shape index (κ2) is 4.77. The molecule has 21 heavy (non-hydrogen) atoms. The van der Waals surface area contributed by atoms with E-state index in [0.717, 1.165) is 0 Å². The van der Waals surface area contributed by atoms with Crippen molar-refractivity contribution in [2.24, 2.45) is 0 Å². The first kappa shape index (κ1) is 13.9. The molecule has 1 aliphatic rings. The molecule has 0 saturated carbocycles. The van der Waals surface area contributed by atoms with E-state index in [9.17, 15) is 0 Å². The SMILES string of the molecule is CC(C)=c1c(NC(C)(C)C)ccc2c1=Cc1ccccc1-2. The van der Waals surface area contributed by atoms with Crippen LogP contribution in [0.4, 0.5) is 5.69 Å². The molecular formula is C20H23N. The number of nitrogens with one attached hydrogen (secondary N) is 1. The fourth-order valence-electron chi connectivity index (χ4n) is 3.07. The van der Waals surface area contributed by atoms with Crippen molar-refractivity contribution >= 4 is 17.3 Å². The molecule has 2 aromatic rings. The number of fused-ring (bicyclic) bond motifs is 3. The molecule has 3 rings (SSSR count). The normalized spacial score (nSPS) is 12.4. The van der Waals surface area contributed by atoms with Gasteiger partial charge in [0.25, 0.3) is 0 Å². The smallest absolute Gasteiger partial charge is 0.0423 e. The van der Waals surface area contributed by atoms with Crippen LogP contribution in [0, 0.1) is 0 Å². The van der Waals surface area contributed by atoms with E-state index in [-0.39, 0.29) is 5.54 Å². The predicted molar refractivity (Wildman–Crippen MR) is 92.8 cm³/mol. The highest BCUT2D eigenvalue weighted by molar-refractivity contribution is 5.84. The molecule has 2 aromatic carbocycles. The van der Waals surface area contributed by atoms with Crippen molar-refractivity contribution in [3.8, 4) is 11.1 Å². The number of benzene rings is 2. The first-order valence-corrected chi connectivity index (χ1v) is 7.57. The van der Waals surface area contributed by atoms with Gasteiger partial charge in [-0.3, -0.25) is 0 Å². The third kappa shape index (κ3) is 2.49. The summed E-state index contributed by atoms with van der Waals surface area (Å²) in [6.07, 6.45) is 2.32. The average molecular weight is 277 g/mol. The molecular weight excluding hydrogens is 254 g/mol. The van der Waals surface area contributed by atoms with Gasteiger partial charge in [-0.05, 0) is 68.7 Å². The molecule has 0 spiro atoms. The van der Waals surface area contributed by atoms with Gasteiger partial charge in [0.15, 0.2) is 0 Å². The molecule has 0 atom stereocenters. The van der Waals surface area contributed by atoms with Gasteiger partial charge in [0.1, 0.15) is 0 Å². The number of rotatable bonds is 1. The lowest BCUT2D eigenvalue weighted by Gasteiger charge is -2.23. The van der Waals surface area contributed by atoms with Crippen LogP contribution in [0.5, 0.6) is 0 Å². The van der Waals surface area contributed by atoms with Crippen molar-refractivity contribution in [1.29, 1.82) is 0 Å². The van der Waals surface area contributed by atoms with Crippen molar-refractivity contribution in [2.45, 2.75) is 40.2 Å². The van der Waals surface area contributed by atoms with Crippen LogP contribution >= 0.6 is 0 Å². The molecule has 0 radical (unpaired) electrons. The van der Waals surface area contributed by atoms with E-state index in [1.54, 1.807) is 0 Å². The maximum absolute atomic E-state index is 3.65. The number of hydrogen-bond acceptors (Lipinski definition) is 1. The second-order valence-corrected chi connectivity index (χ2v) is 7.06. The van der Waals surface area contributed by atoms with E-state index in [1.165, 1.54) is 38.4 Å². The van der Waals surface area contributed by atoms with Gasteiger partial charge in [-0.25, -0.2) is 0 Å². The van der Waals surface area contributed by atoms with E-state index < -0.39 is 0 Å². The highest BCUT2D eigenvalue weighted by Gasteiger charge is 2.16. The van der Waals surface area contributed by atoms with E-state index in [0.29, 0.717) is 0 Å². The quantitative estimate of drug-likeness (QED) is 0.711. The fourth-order valence-corrected chi connectivity index (χ4v) is 3.07. The van der Waals surface area contributed by atoms with Crippen molar-refractivity contribution in [3.63, 3.8) is 0 Å². The summed E-state index contributed by atoms with van der Waals surface area (Å²) in [5.41, 5.74) is 6.65. The zero-order valence-electron chi connectivity index (χ0n) is 13.5. The van der Waals surface area contributed by atoms with Crippen molar-refractivity contribution in [3.05, 3.63) is 52.4 Å². The standard InChI is InChI=1S/C20H23N/c1-13(2)19-17-12-14-8-6-7-9-15(14)16(17)10-11-18(19)21-20(3,4)5/h6-12,21H,1-5H3. The van der Waals surface area contributed by atoms with Crippen molar-refractivity contribution in [1.82, 2.24) is 0 Å². The largest absolute Gasteiger partial charge is 0.380 e. The van der Waals surface area contributed by atoms with E-state index >= 15 is 0 Å². The Morgan fingerprint density at radius 2 is 1.62 bits per heavy atom. The third-order valence-electron chi connectivity index (χ3n) is 3.81. The van der Waals surface area contributed by atoms with Gasteiger partial charge in [-0.1, -0.05) is 35.9 Å². The zero-order chi connectivity index (χ0) is 15.2. The Morgan fingerprint density at radius 1 is 0.905 bits per heavy atom. The summed E-state index contributed by atoms with van der Waals surface area (Å²) < 4.78 is 0. The first-order chi connectivity index (χ1) is 9.87. The molecule has 0 fully saturated rings. The fraction of sp³-hybridized carbons (Fsp3) is 0.300. The lowest BCUT2D eigenvalue weighted by atomic mass is 10.0. The number of hydrogen-bond donors (Lipinski definition) is 1. The van der Waals surface area contributed by atoms with Gasteiger partial charge < -0.3 is 5.32 Å². The minimum Gasteiger partial charge on any atom is -0.380 e.